The van der Waals surface area contributed by atoms with Crippen molar-refractivity contribution in [3.63, 3.8) is 0 Å². The molecule has 1 unspecified atom stereocenters. The molecule has 94 valence electrons. The molecule has 0 amide bonds. The predicted molar refractivity (Wildman–Crippen MR) is 74.3 cm³/mol. The van der Waals surface area contributed by atoms with Gasteiger partial charge in [-0.25, -0.2) is 0 Å². The van der Waals surface area contributed by atoms with E-state index < -0.39 is 5.60 Å². The van der Waals surface area contributed by atoms with Crippen LogP contribution in [0.1, 0.15) is 18.1 Å². The summed E-state index contributed by atoms with van der Waals surface area (Å²) in [5.41, 5.74) is 1.49. The molecule has 3 rings (SSSR count). The number of rotatable bonds is 2. The summed E-state index contributed by atoms with van der Waals surface area (Å²) in [5, 5.41) is 0. The van der Waals surface area contributed by atoms with Crippen LogP contribution in [0.25, 0.3) is 5.57 Å². The maximum atomic E-state index is 12.6. The van der Waals surface area contributed by atoms with E-state index in [-0.39, 0.29) is 5.78 Å². The van der Waals surface area contributed by atoms with Crippen molar-refractivity contribution in [2.45, 2.75) is 12.5 Å². The largest absolute Gasteiger partial charge is 0.481 e. The standard InChI is InChI=1S/C17H14O2/c1-17(14-10-6-3-7-11-14)16(18)15(12-19-17)13-8-4-2-5-9-13/h2-12H,1H3. The third kappa shape index (κ3) is 1.85. The lowest BCUT2D eigenvalue weighted by Crippen LogP contribution is -2.30. The summed E-state index contributed by atoms with van der Waals surface area (Å²) < 4.78 is 5.69. The average Bonchev–Trinajstić information content (AvgIpc) is 2.78. The smallest absolute Gasteiger partial charge is 0.214 e. The van der Waals surface area contributed by atoms with Crippen molar-refractivity contribution in [2.24, 2.45) is 0 Å². The van der Waals surface area contributed by atoms with E-state index in [0.717, 1.165) is 11.1 Å². The van der Waals surface area contributed by atoms with Crippen molar-refractivity contribution in [1.29, 1.82) is 0 Å². The van der Waals surface area contributed by atoms with Crippen molar-refractivity contribution in [3.8, 4) is 0 Å². The number of Topliss-reactive ketones (excluding diaryl/α,β-unsaturated/α-hetero) is 1. The Balaban J connectivity index is 1.98. The molecule has 0 N–H and O–H groups in total. The van der Waals surface area contributed by atoms with Gasteiger partial charge in [0.25, 0.3) is 0 Å². The molecule has 2 nitrogen and oxygen atoms in total. The minimum atomic E-state index is -0.910. The maximum absolute atomic E-state index is 12.6. The second-order valence-electron chi connectivity index (χ2n) is 4.74. The number of hydrogen-bond acceptors (Lipinski definition) is 2. The van der Waals surface area contributed by atoms with E-state index in [4.69, 9.17) is 4.74 Å². The molecule has 0 aromatic heterocycles. The first-order valence-electron chi connectivity index (χ1n) is 6.25. The highest BCUT2D eigenvalue weighted by molar-refractivity contribution is 6.25. The van der Waals surface area contributed by atoms with Gasteiger partial charge in [-0.1, -0.05) is 60.7 Å². The van der Waals surface area contributed by atoms with Gasteiger partial charge in [-0.3, -0.25) is 4.79 Å². The molecule has 0 saturated heterocycles. The highest BCUT2D eigenvalue weighted by Gasteiger charge is 2.43. The summed E-state index contributed by atoms with van der Waals surface area (Å²) in [5.74, 6) is 0.00454. The van der Waals surface area contributed by atoms with Crippen LogP contribution in [0.2, 0.25) is 0 Å². The Morgan fingerprint density at radius 1 is 0.895 bits per heavy atom. The second-order valence-corrected chi connectivity index (χ2v) is 4.74. The van der Waals surface area contributed by atoms with Gasteiger partial charge in [0, 0.05) is 5.56 Å². The molecule has 0 saturated carbocycles. The first kappa shape index (κ1) is 11.7. The van der Waals surface area contributed by atoms with Crippen LogP contribution in [0.4, 0.5) is 0 Å². The molecule has 0 spiro atoms. The Labute approximate surface area is 112 Å². The topological polar surface area (TPSA) is 26.3 Å². The van der Waals surface area contributed by atoms with Crippen LogP contribution in [0.3, 0.4) is 0 Å². The lowest BCUT2D eigenvalue weighted by atomic mass is 9.87. The molecule has 0 fully saturated rings. The summed E-state index contributed by atoms with van der Waals surface area (Å²) in [6.45, 7) is 1.82. The van der Waals surface area contributed by atoms with E-state index in [2.05, 4.69) is 0 Å². The molecule has 0 radical (unpaired) electrons. The molecule has 0 bridgehead atoms. The number of hydrogen-bond donors (Lipinski definition) is 0. The zero-order chi connectivity index (χ0) is 13.3. The van der Waals surface area contributed by atoms with Crippen LogP contribution in [0.15, 0.2) is 66.9 Å². The summed E-state index contributed by atoms with van der Waals surface area (Å²) in [6.07, 6.45) is 1.57. The fraction of sp³-hybridized carbons (Fsp3) is 0.118. The summed E-state index contributed by atoms with van der Waals surface area (Å²) in [7, 11) is 0. The van der Waals surface area contributed by atoms with Crippen molar-refractivity contribution in [1.82, 2.24) is 0 Å². The van der Waals surface area contributed by atoms with E-state index in [9.17, 15) is 4.79 Å². The minimum Gasteiger partial charge on any atom is -0.481 e. The van der Waals surface area contributed by atoms with E-state index in [1.54, 1.807) is 6.26 Å². The molecule has 2 heteroatoms. The van der Waals surface area contributed by atoms with Gasteiger partial charge in [0.2, 0.25) is 5.78 Å². The first-order valence-corrected chi connectivity index (χ1v) is 6.25. The third-order valence-corrected chi connectivity index (χ3v) is 3.50. The zero-order valence-electron chi connectivity index (χ0n) is 10.7. The summed E-state index contributed by atoms with van der Waals surface area (Å²) >= 11 is 0. The van der Waals surface area contributed by atoms with Crippen molar-refractivity contribution < 1.29 is 9.53 Å². The molecule has 19 heavy (non-hydrogen) atoms. The second kappa shape index (κ2) is 4.39. The Morgan fingerprint density at radius 2 is 1.47 bits per heavy atom. The minimum absolute atomic E-state index is 0.00454. The Morgan fingerprint density at radius 3 is 2.11 bits per heavy atom. The molecule has 1 aliphatic rings. The van der Waals surface area contributed by atoms with E-state index in [1.165, 1.54) is 0 Å². The highest BCUT2D eigenvalue weighted by Crippen LogP contribution is 2.38. The average molecular weight is 250 g/mol. The molecule has 1 atom stereocenters. The van der Waals surface area contributed by atoms with Crippen LogP contribution in [0, 0.1) is 0 Å². The number of carbonyl (C=O) groups excluding carboxylic acids is 1. The fourth-order valence-electron chi connectivity index (χ4n) is 2.31. The monoisotopic (exact) mass is 250 g/mol. The molecule has 2 aromatic rings. The van der Waals surface area contributed by atoms with Crippen molar-refractivity contribution >= 4 is 11.4 Å². The van der Waals surface area contributed by atoms with Gasteiger partial charge >= 0.3 is 0 Å². The Kier molecular flexibility index (Phi) is 2.71. The number of benzene rings is 2. The number of carbonyl (C=O) groups is 1. The van der Waals surface area contributed by atoms with Gasteiger partial charge in [0.15, 0.2) is 5.60 Å². The maximum Gasteiger partial charge on any atom is 0.214 e. The number of ether oxygens (including phenoxy) is 1. The molecular formula is C17H14O2. The van der Waals surface area contributed by atoms with Gasteiger partial charge < -0.3 is 4.74 Å². The molecule has 1 heterocycles. The summed E-state index contributed by atoms with van der Waals surface area (Å²) in [6, 6.07) is 19.2. The van der Waals surface area contributed by atoms with Gasteiger partial charge in [0.1, 0.15) is 0 Å². The lowest BCUT2D eigenvalue weighted by molar-refractivity contribution is -0.127. The van der Waals surface area contributed by atoms with Crippen LogP contribution >= 0.6 is 0 Å². The lowest BCUT2D eigenvalue weighted by Gasteiger charge is -2.22. The van der Waals surface area contributed by atoms with Gasteiger partial charge in [-0.2, -0.15) is 0 Å². The third-order valence-electron chi connectivity index (χ3n) is 3.50. The van der Waals surface area contributed by atoms with Gasteiger partial charge in [-0.15, -0.1) is 0 Å². The zero-order valence-corrected chi connectivity index (χ0v) is 10.7. The molecular weight excluding hydrogens is 236 g/mol. The van der Waals surface area contributed by atoms with E-state index in [1.807, 2.05) is 67.6 Å². The Hall–Kier alpha value is -2.35. The van der Waals surface area contributed by atoms with E-state index in [0.29, 0.717) is 5.57 Å². The molecule has 0 aliphatic carbocycles. The predicted octanol–water partition coefficient (Wildman–Crippen LogP) is 3.54. The van der Waals surface area contributed by atoms with Crippen LogP contribution in [-0.4, -0.2) is 5.78 Å². The summed E-state index contributed by atoms with van der Waals surface area (Å²) in [4.78, 5) is 12.6. The van der Waals surface area contributed by atoms with Crippen molar-refractivity contribution in [3.05, 3.63) is 78.1 Å². The van der Waals surface area contributed by atoms with Crippen LogP contribution in [-0.2, 0) is 15.1 Å². The number of ketones is 1. The van der Waals surface area contributed by atoms with Crippen LogP contribution in [0.5, 0.6) is 0 Å². The normalized spacial score (nSPS) is 21.9. The highest BCUT2D eigenvalue weighted by atomic mass is 16.5. The van der Waals surface area contributed by atoms with Crippen molar-refractivity contribution in [2.75, 3.05) is 0 Å². The fourth-order valence-corrected chi connectivity index (χ4v) is 2.31. The first-order chi connectivity index (χ1) is 9.22. The molecule has 2 aromatic carbocycles. The quantitative estimate of drug-likeness (QED) is 0.814. The molecule has 1 aliphatic heterocycles. The van der Waals surface area contributed by atoms with Crippen LogP contribution < -0.4 is 0 Å². The Bertz CT molecular complexity index is 629. The SMILES string of the molecule is CC1(c2ccccc2)OC=C(c2ccccc2)C1=O. The van der Waals surface area contributed by atoms with E-state index >= 15 is 0 Å². The van der Waals surface area contributed by atoms with Gasteiger partial charge in [0.05, 0.1) is 11.8 Å². The van der Waals surface area contributed by atoms with Gasteiger partial charge in [-0.05, 0) is 12.5 Å².